The Morgan fingerprint density at radius 3 is 2.67 bits per heavy atom. The summed E-state index contributed by atoms with van der Waals surface area (Å²) in [6, 6.07) is 0. The smallest absolute Gasteiger partial charge is 0.223 e. The molecule has 0 amide bonds. The molecular formula is C8H14N2O2. The van der Waals surface area contributed by atoms with Crippen LogP contribution in [0, 0.1) is 13.8 Å². The summed E-state index contributed by atoms with van der Waals surface area (Å²) < 4.78 is 5.21. The molecule has 0 aliphatic carbocycles. The maximum Gasteiger partial charge on any atom is 0.223 e. The minimum atomic E-state index is -0.664. The van der Waals surface area contributed by atoms with E-state index in [9.17, 15) is 5.11 Å². The first kappa shape index (κ1) is 9.22. The van der Waals surface area contributed by atoms with E-state index in [2.05, 4.69) is 4.98 Å². The van der Waals surface area contributed by atoms with E-state index in [1.807, 2.05) is 13.8 Å². The van der Waals surface area contributed by atoms with E-state index in [0.29, 0.717) is 18.9 Å². The number of nitrogens with two attached hydrogens (primary N) is 1. The van der Waals surface area contributed by atoms with Gasteiger partial charge in [-0.05, 0) is 26.8 Å². The molecule has 1 rings (SSSR count). The molecule has 0 unspecified atom stereocenters. The number of aliphatic hydroxyl groups is 1. The van der Waals surface area contributed by atoms with Crippen LogP contribution >= 0.6 is 0 Å². The molecule has 0 aromatic carbocycles. The lowest BCUT2D eigenvalue weighted by Crippen LogP contribution is -2.06. The van der Waals surface area contributed by atoms with Gasteiger partial charge in [0.25, 0.3) is 0 Å². The zero-order chi connectivity index (χ0) is 9.14. The Morgan fingerprint density at radius 2 is 2.25 bits per heavy atom. The Balaban J connectivity index is 2.74. The predicted molar refractivity (Wildman–Crippen MR) is 44.6 cm³/mol. The molecule has 0 aliphatic rings. The van der Waals surface area contributed by atoms with E-state index >= 15 is 0 Å². The van der Waals surface area contributed by atoms with Gasteiger partial charge in [0.15, 0.2) is 0 Å². The zero-order valence-electron chi connectivity index (χ0n) is 7.37. The molecule has 0 saturated heterocycles. The fraction of sp³-hybridized carbons (Fsp3) is 0.625. The third-order valence-electron chi connectivity index (χ3n) is 1.77. The molecule has 4 heteroatoms. The SMILES string of the molecule is Cc1nc([C@H](O)CCN)oc1C. The quantitative estimate of drug-likeness (QED) is 0.699. The summed E-state index contributed by atoms with van der Waals surface area (Å²) in [6.45, 7) is 4.10. The molecule has 0 spiro atoms. The van der Waals surface area contributed by atoms with Crippen LogP contribution in [0.3, 0.4) is 0 Å². The van der Waals surface area contributed by atoms with Gasteiger partial charge >= 0.3 is 0 Å². The van der Waals surface area contributed by atoms with Gasteiger partial charge in [-0.1, -0.05) is 0 Å². The number of rotatable bonds is 3. The standard InChI is InChI=1S/C8H14N2O2/c1-5-6(2)12-8(10-5)7(11)3-4-9/h7,11H,3-4,9H2,1-2H3/t7-/m1/s1. The van der Waals surface area contributed by atoms with Gasteiger partial charge in [-0.25, -0.2) is 4.98 Å². The van der Waals surface area contributed by atoms with E-state index in [1.54, 1.807) is 0 Å². The Labute approximate surface area is 71.4 Å². The third kappa shape index (κ3) is 1.84. The van der Waals surface area contributed by atoms with E-state index in [-0.39, 0.29) is 0 Å². The van der Waals surface area contributed by atoms with Crippen LogP contribution in [0.5, 0.6) is 0 Å². The zero-order valence-corrected chi connectivity index (χ0v) is 7.37. The number of nitrogens with zero attached hydrogens (tertiary/aromatic N) is 1. The molecule has 1 heterocycles. The fourth-order valence-electron chi connectivity index (χ4n) is 0.921. The van der Waals surface area contributed by atoms with Gasteiger partial charge in [0.1, 0.15) is 11.9 Å². The molecule has 3 N–H and O–H groups in total. The summed E-state index contributed by atoms with van der Waals surface area (Å²) >= 11 is 0. The molecule has 1 atom stereocenters. The minimum absolute atomic E-state index is 0.371. The van der Waals surface area contributed by atoms with E-state index in [0.717, 1.165) is 11.5 Å². The topological polar surface area (TPSA) is 72.3 Å². The molecule has 68 valence electrons. The maximum absolute atomic E-state index is 9.42. The first-order valence-corrected chi connectivity index (χ1v) is 3.97. The van der Waals surface area contributed by atoms with Gasteiger partial charge in [-0.15, -0.1) is 0 Å². The molecule has 0 fully saturated rings. The summed E-state index contributed by atoms with van der Waals surface area (Å²) in [5.41, 5.74) is 6.10. The highest BCUT2D eigenvalue weighted by Gasteiger charge is 2.13. The van der Waals surface area contributed by atoms with Crippen molar-refractivity contribution in [2.45, 2.75) is 26.4 Å². The highest BCUT2D eigenvalue weighted by molar-refractivity contribution is 5.06. The van der Waals surface area contributed by atoms with Crippen molar-refractivity contribution in [1.29, 1.82) is 0 Å². The van der Waals surface area contributed by atoms with E-state index in [4.69, 9.17) is 10.2 Å². The average Bonchev–Trinajstić information content (AvgIpc) is 2.33. The van der Waals surface area contributed by atoms with Crippen molar-refractivity contribution in [3.8, 4) is 0 Å². The van der Waals surface area contributed by atoms with Gasteiger partial charge < -0.3 is 15.3 Å². The van der Waals surface area contributed by atoms with Crippen LogP contribution in [0.4, 0.5) is 0 Å². The number of hydrogen-bond donors (Lipinski definition) is 2. The minimum Gasteiger partial charge on any atom is -0.443 e. The van der Waals surface area contributed by atoms with Crippen LogP contribution in [-0.4, -0.2) is 16.6 Å². The van der Waals surface area contributed by atoms with Crippen LogP contribution in [0.15, 0.2) is 4.42 Å². The van der Waals surface area contributed by atoms with Crippen molar-refractivity contribution in [3.05, 3.63) is 17.3 Å². The van der Waals surface area contributed by atoms with Crippen LogP contribution in [0.25, 0.3) is 0 Å². The number of aliphatic hydroxyl groups excluding tert-OH is 1. The molecule has 0 radical (unpaired) electrons. The lowest BCUT2D eigenvalue weighted by molar-refractivity contribution is 0.135. The summed E-state index contributed by atoms with van der Waals surface area (Å²) in [7, 11) is 0. The highest BCUT2D eigenvalue weighted by Crippen LogP contribution is 2.17. The summed E-state index contributed by atoms with van der Waals surface area (Å²) in [4.78, 5) is 4.06. The summed E-state index contributed by atoms with van der Waals surface area (Å²) in [5.74, 6) is 1.12. The van der Waals surface area contributed by atoms with Gasteiger partial charge in [0.05, 0.1) is 5.69 Å². The Morgan fingerprint density at radius 1 is 1.58 bits per heavy atom. The fourth-order valence-corrected chi connectivity index (χ4v) is 0.921. The normalized spacial score (nSPS) is 13.3. The van der Waals surface area contributed by atoms with Crippen LogP contribution in [0.2, 0.25) is 0 Å². The molecule has 0 aliphatic heterocycles. The lowest BCUT2D eigenvalue weighted by atomic mass is 10.2. The Bertz CT molecular complexity index is 238. The number of oxazole rings is 1. The number of aromatic nitrogens is 1. The highest BCUT2D eigenvalue weighted by atomic mass is 16.4. The van der Waals surface area contributed by atoms with Crippen LogP contribution in [-0.2, 0) is 0 Å². The molecule has 1 aromatic rings. The van der Waals surface area contributed by atoms with Crippen LogP contribution < -0.4 is 5.73 Å². The van der Waals surface area contributed by atoms with Crippen molar-refractivity contribution in [2.75, 3.05) is 6.54 Å². The molecule has 12 heavy (non-hydrogen) atoms. The molecular weight excluding hydrogens is 156 g/mol. The van der Waals surface area contributed by atoms with Crippen molar-refractivity contribution >= 4 is 0 Å². The lowest BCUT2D eigenvalue weighted by Gasteiger charge is -2.02. The Hall–Kier alpha value is -0.870. The predicted octanol–water partition coefficient (Wildman–Crippen LogP) is 0.674. The maximum atomic E-state index is 9.42. The van der Waals surface area contributed by atoms with Gasteiger partial charge in [-0.3, -0.25) is 0 Å². The first-order chi connectivity index (χ1) is 5.65. The summed E-state index contributed by atoms with van der Waals surface area (Å²) in [6.07, 6.45) is -0.179. The van der Waals surface area contributed by atoms with Gasteiger partial charge in [0.2, 0.25) is 5.89 Å². The summed E-state index contributed by atoms with van der Waals surface area (Å²) in [5, 5.41) is 9.42. The number of aryl methyl sites for hydroxylation is 2. The van der Waals surface area contributed by atoms with Crippen molar-refractivity contribution < 1.29 is 9.52 Å². The second-order valence-electron chi connectivity index (χ2n) is 2.79. The largest absolute Gasteiger partial charge is 0.443 e. The van der Waals surface area contributed by atoms with Gasteiger partial charge in [0, 0.05) is 0 Å². The van der Waals surface area contributed by atoms with Crippen molar-refractivity contribution in [2.24, 2.45) is 5.73 Å². The monoisotopic (exact) mass is 170 g/mol. The Kier molecular flexibility index (Phi) is 2.83. The van der Waals surface area contributed by atoms with E-state index < -0.39 is 6.10 Å². The average molecular weight is 170 g/mol. The first-order valence-electron chi connectivity index (χ1n) is 3.97. The van der Waals surface area contributed by atoms with Crippen molar-refractivity contribution in [1.82, 2.24) is 4.98 Å². The molecule has 1 aromatic heterocycles. The second kappa shape index (κ2) is 3.69. The van der Waals surface area contributed by atoms with Crippen molar-refractivity contribution in [3.63, 3.8) is 0 Å². The van der Waals surface area contributed by atoms with Gasteiger partial charge in [-0.2, -0.15) is 0 Å². The molecule has 0 bridgehead atoms. The molecule has 4 nitrogen and oxygen atoms in total. The van der Waals surface area contributed by atoms with Crippen LogP contribution in [0.1, 0.15) is 29.9 Å². The number of hydrogen-bond acceptors (Lipinski definition) is 4. The third-order valence-corrected chi connectivity index (χ3v) is 1.77. The molecule has 0 saturated carbocycles. The second-order valence-corrected chi connectivity index (χ2v) is 2.79. The van der Waals surface area contributed by atoms with E-state index in [1.165, 1.54) is 0 Å².